The molecule has 2 saturated heterocycles. The lowest BCUT2D eigenvalue weighted by Gasteiger charge is -2.35. The van der Waals surface area contributed by atoms with Gasteiger partial charge in [-0.25, -0.2) is 13.2 Å². The number of carbonyl (C=O) groups excluding carboxylic acids is 2. The van der Waals surface area contributed by atoms with Gasteiger partial charge < -0.3 is 10.2 Å². The Morgan fingerprint density at radius 3 is 2.36 bits per heavy atom. The largest absolute Gasteiger partial charge is 0.352 e. The third-order valence-electron chi connectivity index (χ3n) is 9.06. The molecule has 4 atom stereocenters. The van der Waals surface area contributed by atoms with Gasteiger partial charge in [-0.2, -0.15) is 5.26 Å². The van der Waals surface area contributed by atoms with Crippen LogP contribution in [0.25, 0.3) is 0 Å². The van der Waals surface area contributed by atoms with Gasteiger partial charge >= 0.3 is 0 Å². The zero-order valence-electron chi connectivity index (χ0n) is 24.2. The number of likely N-dealkylation sites (tertiary alicyclic amines) is 2. The van der Waals surface area contributed by atoms with Crippen molar-refractivity contribution in [1.29, 1.82) is 5.26 Å². The zero-order chi connectivity index (χ0) is 31.8. The van der Waals surface area contributed by atoms with Crippen LogP contribution >= 0.6 is 23.2 Å². The number of hydrogen-bond acceptors (Lipinski definition) is 4. The summed E-state index contributed by atoms with van der Waals surface area (Å²) in [5.74, 6) is -3.99. The Bertz CT molecular complexity index is 1620. The number of nitriles is 1. The van der Waals surface area contributed by atoms with E-state index >= 15 is 13.2 Å². The maximum absolute atomic E-state index is 16.0. The van der Waals surface area contributed by atoms with Gasteiger partial charge in [0.15, 0.2) is 0 Å². The van der Waals surface area contributed by atoms with E-state index < -0.39 is 46.8 Å². The molecule has 2 fully saturated rings. The molecular weight excluding hydrogens is 612 g/mol. The van der Waals surface area contributed by atoms with Gasteiger partial charge in [0.05, 0.1) is 17.1 Å². The Morgan fingerprint density at radius 2 is 1.73 bits per heavy atom. The minimum Gasteiger partial charge on any atom is -0.352 e. The summed E-state index contributed by atoms with van der Waals surface area (Å²) in [6.45, 7) is 3.93. The first-order valence-electron chi connectivity index (χ1n) is 14.3. The first kappa shape index (κ1) is 31.8. The molecule has 6 nitrogen and oxygen atoms in total. The van der Waals surface area contributed by atoms with Crippen LogP contribution in [0.15, 0.2) is 60.7 Å². The van der Waals surface area contributed by atoms with Gasteiger partial charge in [-0.15, -0.1) is 0 Å². The van der Waals surface area contributed by atoms with Crippen LogP contribution in [-0.2, 0) is 21.5 Å². The summed E-state index contributed by atoms with van der Waals surface area (Å²) in [5, 5.41) is 13.9. The molecular formula is C33H31Cl2F3N4O2. The molecule has 11 heteroatoms. The summed E-state index contributed by atoms with van der Waals surface area (Å²) in [7, 11) is 0. The SMILES string of the molecule is CC(=O)N1CCC(NC(=O)C2C(c3cccc(Cl)c3F)C(C#N)(c3ccc(Cl)cc3F)C(C)N2Cc2ccccc2F)CC1. The monoisotopic (exact) mass is 642 g/mol. The molecule has 3 aromatic rings. The van der Waals surface area contributed by atoms with Crippen molar-refractivity contribution in [2.24, 2.45) is 0 Å². The fourth-order valence-corrected chi connectivity index (χ4v) is 7.15. The zero-order valence-corrected chi connectivity index (χ0v) is 25.7. The molecule has 4 unspecified atom stereocenters. The summed E-state index contributed by atoms with van der Waals surface area (Å²) in [6, 6.07) is 14.1. The molecule has 5 rings (SSSR count). The van der Waals surface area contributed by atoms with Gasteiger partial charge in [-0.1, -0.05) is 59.6 Å². The van der Waals surface area contributed by atoms with E-state index in [-0.39, 0.29) is 45.2 Å². The molecule has 230 valence electrons. The number of piperidine rings is 1. The number of amides is 2. The Kier molecular flexibility index (Phi) is 9.26. The maximum atomic E-state index is 16.0. The molecule has 0 aromatic heterocycles. The molecule has 44 heavy (non-hydrogen) atoms. The van der Waals surface area contributed by atoms with Crippen LogP contribution in [0.1, 0.15) is 49.3 Å². The topological polar surface area (TPSA) is 76.4 Å². The van der Waals surface area contributed by atoms with Gasteiger partial charge in [0, 0.05) is 60.7 Å². The van der Waals surface area contributed by atoms with Crippen molar-refractivity contribution >= 4 is 35.0 Å². The Balaban J connectivity index is 1.69. The second kappa shape index (κ2) is 12.8. The fraction of sp³-hybridized carbons (Fsp3) is 0.364. The number of rotatable bonds is 6. The predicted octanol–water partition coefficient (Wildman–Crippen LogP) is 6.36. The molecule has 1 N–H and O–H groups in total. The molecule has 0 bridgehead atoms. The van der Waals surface area contributed by atoms with Crippen molar-refractivity contribution < 1.29 is 22.8 Å². The number of nitrogens with zero attached hydrogens (tertiary/aromatic N) is 3. The molecule has 0 spiro atoms. The maximum Gasteiger partial charge on any atom is 0.238 e. The van der Waals surface area contributed by atoms with E-state index in [1.54, 1.807) is 28.9 Å². The van der Waals surface area contributed by atoms with E-state index in [0.717, 1.165) is 6.07 Å². The number of hydrogen-bond donors (Lipinski definition) is 1. The van der Waals surface area contributed by atoms with Crippen LogP contribution < -0.4 is 5.32 Å². The normalized spacial score (nSPS) is 24.2. The number of nitrogens with one attached hydrogen (secondary N) is 1. The number of carbonyl (C=O) groups is 2. The lowest BCUT2D eigenvalue weighted by Crippen LogP contribution is -2.52. The van der Waals surface area contributed by atoms with Crippen molar-refractivity contribution in [1.82, 2.24) is 15.1 Å². The van der Waals surface area contributed by atoms with Crippen molar-refractivity contribution in [3.8, 4) is 6.07 Å². The molecule has 2 amide bonds. The first-order chi connectivity index (χ1) is 21.0. The van der Waals surface area contributed by atoms with E-state index in [1.807, 2.05) is 0 Å². The second-order valence-corrected chi connectivity index (χ2v) is 12.2. The third-order valence-corrected chi connectivity index (χ3v) is 9.59. The van der Waals surface area contributed by atoms with Crippen molar-refractivity contribution in [3.05, 3.63) is 105 Å². The number of halogens is 5. The van der Waals surface area contributed by atoms with Crippen LogP contribution in [0.2, 0.25) is 10.0 Å². The van der Waals surface area contributed by atoms with E-state index in [9.17, 15) is 14.9 Å². The molecule has 2 heterocycles. The molecule has 0 radical (unpaired) electrons. The highest BCUT2D eigenvalue weighted by molar-refractivity contribution is 6.31. The van der Waals surface area contributed by atoms with Gasteiger partial charge in [0.1, 0.15) is 22.9 Å². The summed E-state index contributed by atoms with van der Waals surface area (Å²) in [4.78, 5) is 29.6. The van der Waals surface area contributed by atoms with Gasteiger partial charge in [-0.3, -0.25) is 14.5 Å². The van der Waals surface area contributed by atoms with Gasteiger partial charge in [0.2, 0.25) is 11.8 Å². The number of benzene rings is 3. The van der Waals surface area contributed by atoms with Crippen LogP contribution in [0, 0.1) is 28.8 Å². The van der Waals surface area contributed by atoms with Crippen LogP contribution in [0.3, 0.4) is 0 Å². The van der Waals surface area contributed by atoms with Gasteiger partial charge in [-0.05, 0) is 49.6 Å². The van der Waals surface area contributed by atoms with Crippen molar-refractivity contribution in [2.75, 3.05) is 13.1 Å². The van der Waals surface area contributed by atoms with Crippen molar-refractivity contribution in [2.45, 2.75) is 62.7 Å². The first-order valence-corrected chi connectivity index (χ1v) is 15.1. The molecule has 0 aliphatic carbocycles. The van der Waals surface area contributed by atoms with Crippen LogP contribution in [0.5, 0.6) is 0 Å². The average Bonchev–Trinajstić information content (AvgIpc) is 3.23. The van der Waals surface area contributed by atoms with E-state index in [1.165, 1.54) is 49.4 Å². The summed E-state index contributed by atoms with van der Waals surface area (Å²) in [6.07, 6.45) is 0.985. The van der Waals surface area contributed by atoms with E-state index in [2.05, 4.69) is 11.4 Å². The standard InChI is InChI=1S/C33H31Cl2F3N4O2/c1-19-33(18-39,25-11-10-22(34)16-28(25)37)29(24-7-5-8-26(35)30(24)38)31(42(19)17-21-6-3-4-9-27(21)36)32(44)40-23-12-14-41(15-13-23)20(2)43/h3-11,16,19,23,29,31H,12-15,17H2,1-2H3,(H,40,44). The summed E-state index contributed by atoms with van der Waals surface area (Å²) >= 11 is 12.3. The second-order valence-electron chi connectivity index (χ2n) is 11.4. The molecule has 2 aliphatic rings. The summed E-state index contributed by atoms with van der Waals surface area (Å²) < 4.78 is 46.8. The summed E-state index contributed by atoms with van der Waals surface area (Å²) in [5.41, 5.74) is -1.68. The van der Waals surface area contributed by atoms with E-state index in [4.69, 9.17) is 23.2 Å². The predicted molar refractivity (Wildman–Crippen MR) is 161 cm³/mol. The fourth-order valence-electron chi connectivity index (χ4n) is 6.81. The highest BCUT2D eigenvalue weighted by atomic mass is 35.5. The highest BCUT2D eigenvalue weighted by Gasteiger charge is 2.63. The Labute approximate surface area is 264 Å². The smallest absolute Gasteiger partial charge is 0.238 e. The third kappa shape index (κ3) is 5.67. The van der Waals surface area contributed by atoms with Crippen molar-refractivity contribution in [3.63, 3.8) is 0 Å². The Morgan fingerprint density at radius 1 is 1.02 bits per heavy atom. The minimum atomic E-state index is -1.83. The quantitative estimate of drug-likeness (QED) is 0.340. The molecule has 0 saturated carbocycles. The van der Waals surface area contributed by atoms with E-state index in [0.29, 0.717) is 25.9 Å². The molecule has 3 aromatic carbocycles. The molecule has 2 aliphatic heterocycles. The Hall–Kier alpha value is -3.58. The van der Waals surface area contributed by atoms with Gasteiger partial charge in [0.25, 0.3) is 0 Å². The lowest BCUT2D eigenvalue weighted by atomic mass is 9.65. The average molecular weight is 644 g/mol. The van der Waals surface area contributed by atoms with Crippen LogP contribution in [0.4, 0.5) is 13.2 Å². The van der Waals surface area contributed by atoms with Crippen LogP contribution in [-0.4, -0.2) is 52.8 Å². The lowest BCUT2D eigenvalue weighted by molar-refractivity contribution is -0.130. The highest BCUT2D eigenvalue weighted by Crippen LogP contribution is 2.54. The minimum absolute atomic E-state index is 0.0390.